The number of hydrogen-bond acceptors (Lipinski definition) is 5. The zero-order valence-electron chi connectivity index (χ0n) is 26.9. The van der Waals surface area contributed by atoms with Crippen LogP contribution in [-0.2, 0) is 31.0 Å². The van der Waals surface area contributed by atoms with E-state index < -0.39 is 35.0 Å². The van der Waals surface area contributed by atoms with Crippen molar-refractivity contribution in [3.63, 3.8) is 0 Å². The number of carbonyl (C=O) groups excluding carboxylic acids is 4. The monoisotopic (exact) mass is 711 g/mol. The molecule has 1 saturated carbocycles. The summed E-state index contributed by atoms with van der Waals surface area (Å²) in [6.45, 7) is 2.05. The number of rotatable bonds is 5. The van der Waals surface area contributed by atoms with Gasteiger partial charge in [0, 0.05) is 27.4 Å². The third-order valence-corrected chi connectivity index (χ3v) is 11.8. The highest BCUT2D eigenvalue weighted by molar-refractivity contribution is 9.10. The average molecular weight is 713 g/mol. The van der Waals surface area contributed by atoms with E-state index in [-0.39, 0.29) is 35.6 Å². The maximum atomic E-state index is 15.1. The minimum atomic E-state index is -1.40. The molecule has 2 fully saturated rings. The zero-order chi connectivity index (χ0) is 34.0. The molecule has 1 heterocycles. The third kappa shape index (κ3) is 4.66. The zero-order valence-corrected chi connectivity index (χ0v) is 28.5. The van der Waals surface area contributed by atoms with Gasteiger partial charge in [0.15, 0.2) is 11.6 Å². The molecule has 0 bridgehead atoms. The number of aromatic hydroxyl groups is 1. The Bertz CT molecular complexity index is 2090. The van der Waals surface area contributed by atoms with Crippen molar-refractivity contribution in [3.8, 4) is 5.75 Å². The van der Waals surface area contributed by atoms with Crippen LogP contribution >= 0.6 is 15.9 Å². The number of ketones is 2. The highest BCUT2D eigenvalue weighted by atomic mass is 79.9. The lowest BCUT2D eigenvalue weighted by molar-refractivity contribution is -0.135. The normalized spacial score (nSPS) is 27.6. The predicted octanol–water partition coefficient (Wildman–Crippen LogP) is 7.75. The van der Waals surface area contributed by atoms with E-state index in [1.165, 1.54) is 11.0 Å². The number of phenols is 1. The molecule has 0 radical (unpaired) electrons. The first-order valence-electron chi connectivity index (χ1n) is 16.8. The van der Waals surface area contributed by atoms with Gasteiger partial charge in [-0.15, -0.1) is 0 Å². The van der Waals surface area contributed by atoms with E-state index in [0.717, 1.165) is 17.6 Å². The number of halogens is 1. The van der Waals surface area contributed by atoms with E-state index in [9.17, 15) is 19.5 Å². The smallest absolute Gasteiger partial charge is 0.238 e. The van der Waals surface area contributed by atoms with Gasteiger partial charge in [0.2, 0.25) is 11.8 Å². The Morgan fingerprint density at radius 2 is 1.53 bits per heavy atom. The molecule has 7 heteroatoms. The number of anilines is 1. The number of hydrogen-bond donors (Lipinski definition) is 1. The number of allylic oxidation sites excluding steroid dienone is 4. The van der Waals surface area contributed by atoms with Crippen molar-refractivity contribution >= 4 is 50.6 Å². The van der Waals surface area contributed by atoms with E-state index in [1.54, 1.807) is 12.1 Å². The van der Waals surface area contributed by atoms with Gasteiger partial charge in [0.25, 0.3) is 0 Å². The number of aryl methyl sites for hydroxylation is 1. The van der Waals surface area contributed by atoms with Crippen LogP contribution in [0.4, 0.5) is 5.69 Å². The van der Waals surface area contributed by atoms with Crippen molar-refractivity contribution in [1.82, 2.24) is 0 Å². The van der Waals surface area contributed by atoms with Crippen molar-refractivity contribution in [1.29, 1.82) is 0 Å². The molecule has 244 valence electrons. The number of amides is 2. The summed E-state index contributed by atoms with van der Waals surface area (Å²) in [5, 5.41) is 11.5. The van der Waals surface area contributed by atoms with Gasteiger partial charge in [0.1, 0.15) is 5.75 Å². The van der Waals surface area contributed by atoms with Crippen LogP contribution in [-0.4, -0.2) is 28.5 Å². The molecule has 0 aromatic heterocycles. The lowest BCUT2D eigenvalue weighted by Gasteiger charge is -2.55. The fourth-order valence-corrected chi connectivity index (χ4v) is 9.49. The number of imide groups is 1. The highest BCUT2D eigenvalue weighted by Gasteiger charge is 2.66. The van der Waals surface area contributed by atoms with Gasteiger partial charge in [-0.05, 0) is 78.3 Å². The Hall–Kier alpha value is -4.88. The van der Waals surface area contributed by atoms with Gasteiger partial charge in [-0.25, -0.2) is 0 Å². The average Bonchev–Trinajstić information content (AvgIpc) is 3.39. The van der Waals surface area contributed by atoms with E-state index in [0.29, 0.717) is 38.8 Å². The van der Waals surface area contributed by atoms with Gasteiger partial charge >= 0.3 is 0 Å². The maximum Gasteiger partial charge on any atom is 0.238 e. The molecule has 6 nitrogen and oxygen atoms in total. The molecule has 6 atom stereocenters. The minimum Gasteiger partial charge on any atom is -0.508 e. The van der Waals surface area contributed by atoms with E-state index >= 15 is 4.79 Å². The van der Waals surface area contributed by atoms with Gasteiger partial charge in [-0.3, -0.25) is 24.1 Å². The fraction of sp³-hybridized carbons (Fsp3) is 0.238. The second-order valence-corrected chi connectivity index (χ2v) is 14.4. The lowest BCUT2D eigenvalue weighted by atomic mass is 9.44. The number of fused-ring (bicyclic) bond motifs is 4. The number of carbonyl (C=O) groups is 4. The van der Waals surface area contributed by atoms with Crippen LogP contribution in [0.5, 0.6) is 5.75 Å². The SMILES string of the molecule is CCc1ccc(N2C(=O)[C@H]3[C@H](CC=C4[C@H]3C[C@H]3C(=O)C(c5ccccc5)=CC(=O)[C@@]3(c3ccccc3)[C@H]4c3cc(Br)ccc3O)C2=O)cc1. The molecular formula is C42H34BrNO5. The van der Waals surface area contributed by atoms with Crippen molar-refractivity contribution in [2.24, 2.45) is 23.7 Å². The first kappa shape index (κ1) is 31.4. The number of nitrogens with zero attached hydrogens (tertiary/aromatic N) is 1. The quantitative estimate of drug-likeness (QED) is 0.169. The largest absolute Gasteiger partial charge is 0.508 e. The summed E-state index contributed by atoms with van der Waals surface area (Å²) >= 11 is 3.59. The summed E-state index contributed by atoms with van der Waals surface area (Å²) in [7, 11) is 0. The molecule has 1 saturated heterocycles. The third-order valence-electron chi connectivity index (χ3n) is 11.3. The van der Waals surface area contributed by atoms with Crippen molar-refractivity contribution in [2.75, 3.05) is 4.90 Å². The molecular weight excluding hydrogens is 678 g/mol. The highest BCUT2D eigenvalue weighted by Crippen LogP contribution is 2.64. The van der Waals surface area contributed by atoms with Gasteiger partial charge < -0.3 is 5.11 Å². The molecule has 4 aliphatic rings. The predicted molar refractivity (Wildman–Crippen MR) is 191 cm³/mol. The van der Waals surface area contributed by atoms with E-state index in [2.05, 4.69) is 22.9 Å². The standard InChI is InChI=1S/C42H34BrNO5/c1-2-24-13-16-28(17-14-24)44-40(48)30-19-18-29-32(37(30)41(44)49)22-34-39(47)31(25-9-5-3-6-10-25)23-36(46)42(34,26-11-7-4-8-12-26)38(29)33-21-27(43)15-20-35(33)45/h3-18,20-21,23,30,32,34,37-38,45H,2,19,22H2,1H3/t30-,32+,34-,37-,38+,42-/m0/s1. The second kappa shape index (κ2) is 11.9. The van der Waals surface area contributed by atoms with E-state index in [1.807, 2.05) is 97.1 Å². The van der Waals surface area contributed by atoms with Gasteiger partial charge in [-0.2, -0.15) is 0 Å². The van der Waals surface area contributed by atoms with Crippen LogP contribution in [0.2, 0.25) is 0 Å². The summed E-state index contributed by atoms with van der Waals surface area (Å²) < 4.78 is 0.709. The Balaban J connectivity index is 1.35. The Morgan fingerprint density at radius 1 is 0.837 bits per heavy atom. The fourth-order valence-electron chi connectivity index (χ4n) is 9.11. The first-order valence-corrected chi connectivity index (χ1v) is 17.6. The van der Waals surface area contributed by atoms with Crippen LogP contribution in [0.25, 0.3) is 5.57 Å². The minimum absolute atomic E-state index is 0.00419. The Morgan fingerprint density at radius 3 is 2.22 bits per heavy atom. The topological polar surface area (TPSA) is 91.8 Å². The summed E-state index contributed by atoms with van der Waals surface area (Å²) in [5.41, 5.74) is 3.23. The Labute approximate surface area is 293 Å². The number of phenolic OH excluding ortho intramolecular Hbond substituents is 1. The molecule has 4 aromatic rings. The second-order valence-electron chi connectivity index (χ2n) is 13.5. The first-order chi connectivity index (χ1) is 23.7. The Kier molecular flexibility index (Phi) is 7.63. The molecule has 49 heavy (non-hydrogen) atoms. The molecule has 1 N–H and O–H groups in total. The van der Waals surface area contributed by atoms with Crippen LogP contribution in [0.1, 0.15) is 47.9 Å². The summed E-state index contributed by atoms with van der Waals surface area (Å²) in [4.78, 5) is 60.0. The van der Waals surface area contributed by atoms with Gasteiger partial charge in [0.05, 0.1) is 22.9 Å². The van der Waals surface area contributed by atoms with Crippen LogP contribution in [0.3, 0.4) is 0 Å². The molecule has 0 unspecified atom stereocenters. The molecule has 8 rings (SSSR count). The number of Topliss-reactive ketones (excluding diaryl/α,β-unsaturated/α-hetero) is 1. The lowest BCUT2D eigenvalue weighted by Crippen LogP contribution is -2.58. The number of benzene rings is 4. The molecule has 1 aliphatic heterocycles. The van der Waals surface area contributed by atoms with Gasteiger partial charge in [-0.1, -0.05) is 107 Å². The molecule has 3 aliphatic carbocycles. The van der Waals surface area contributed by atoms with Crippen molar-refractivity contribution < 1.29 is 24.3 Å². The maximum absolute atomic E-state index is 15.1. The van der Waals surface area contributed by atoms with Crippen LogP contribution in [0, 0.1) is 23.7 Å². The molecule has 2 amide bonds. The summed E-state index contributed by atoms with van der Waals surface area (Å²) in [6.07, 6.45) is 4.87. The summed E-state index contributed by atoms with van der Waals surface area (Å²) in [5.74, 6) is -4.39. The van der Waals surface area contributed by atoms with E-state index in [4.69, 9.17) is 0 Å². The van der Waals surface area contributed by atoms with Crippen LogP contribution < -0.4 is 4.90 Å². The van der Waals surface area contributed by atoms with Crippen molar-refractivity contribution in [2.45, 2.75) is 37.5 Å². The molecule has 0 spiro atoms. The summed E-state index contributed by atoms with van der Waals surface area (Å²) in [6, 6.07) is 31.3. The molecule has 4 aromatic carbocycles. The van der Waals surface area contributed by atoms with Crippen LogP contribution in [0.15, 0.2) is 125 Å². The van der Waals surface area contributed by atoms with Crippen molar-refractivity contribution in [3.05, 3.63) is 148 Å².